The van der Waals surface area contributed by atoms with Gasteiger partial charge in [-0.3, -0.25) is 8.37 Å². The molecule has 2 aromatic rings. The Morgan fingerprint density at radius 1 is 0.422 bits per heavy atom. The van der Waals surface area contributed by atoms with E-state index >= 15 is 0 Å². The maximum atomic E-state index is 11.9. The zero-order chi connectivity index (χ0) is 32.2. The third kappa shape index (κ3) is 24.3. The summed E-state index contributed by atoms with van der Waals surface area (Å²) in [6.07, 6.45) is 24.5. The summed E-state index contributed by atoms with van der Waals surface area (Å²) in [5.41, 5.74) is 0. The molecule has 0 aliphatic carbocycles. The smallest absolute Gasteiger partial charge is 1.00 e. The fourth-order valence-electron chi connectivity index (χ4n) is 4.83. The maximum absolute atomic E-state index is 11.9. The predicted molar refractivity (Wildman–Crippen MR) is 191 cm³/mol. The van der Waals surface area contributed by atoms with Crippen LogP contribution in [-0.2, 0) is 28.6 Å². The molecule has 2 rings (SSSR count). The molecule has 0 aromatic heterocycles. The number of rotatable bonds is 26. The van der Waals surface area contributed by atoms with Crippen LogP contribution < -0.4 is 0 Å². The van der Waals surface area contributed by atoms with Gasteiger partial charge in [-0.1, -0.05) is 166 Å². The molecule has 0 amide bonds. The van der Waals surface area contributed by atoms with Crippen molar-refractivity contribution in [2.45, 2.75) is 152 Å². The molecule has 256 valence electrons. The Kier molecular flexibility index (Phi) is 29.3. The third-order valence-electron chi connectivity index (χ3n) is 7.54. The van der Waals surface area contributed by atoms with E-state index in [1.54, 1.807) is 60.7 Å². The SMILES string of the molecule is CCCCCCCCCCCCOS(=O)(=O)c1ccccc1.CCCCCCCCCCCCOS(=O)(=O)c1ccccc1.[Ca+2].[H-].[H-]. The second-order valence-electron chi connectivity index (χ2n) is 11.5. The maximum Gasteiger partial charge on any atom is 2.00 e. The van der Waals surface area contributed by atoms with E-state index in [4.69, 9.17) is 8.37 Å². The van der Waals surface area contributed by atoms with Crippen LogP contribution in [0.4, 0.5) is 0 Å². The van der Waals surface area contributed by atoms with Crippen LogP contribution in [0, 0.1) is 0 Å². The Morgan fingerprint density at radius 3 is 0.933 bits per heavy atom. The molecule has 0 atom stereocenters. The molecule has 9 heteroatoms. The molecule has 0 fully saturated rings. The number of benzene rings is 2. The first-order valence-electron chi connectivity index (χ1n) is 17.2. The van der Waals surface area contributed by atoms with Crippen molar-refractivity contribution >= 4 is 58.0 Å². The topological polar surface area (TPSA) is 86.7 Å². The second-order valence-corrected chi connectivity index (χ2v) is 14.8. The zero-order valence-electron chi connectivity index (χ0n) is 30.3. The minimum absolute atomic E-state index is 0. The van der Waals surface area contributed by atoms with Crippen molar-refractivity contribution in [3.05, 3.63) is 60.7 Å². The minimum Gasteiger partial charge on any atom is -1.00 e. The van der Waals surface area contributed by atoms with E-state index < -0.39 is 20.2 Å². The van der Waals surface area contributed by atoms with Gasteiger partial charge in [0.1, 0.15) is 0 Å². The monoisotopic (exact) mass is 694 g/mol. The molecule has 0 aliphatic rings. The van der Waals surface area contributed by atoms with Crippen LogP contribution in [0.1, 0.15) is 145 Å². The van der Waals surface area contributed by atoms with E-state index in [0.717, 1.165) is 25.7 Å². The first kappa shape index (κ1) is 44.5. The average Bonchev–Trinajstić information content (AvgIpc) is 3.03. The van der Waals surface area contributed by atoms with Crippen LogP contribution in [0.2, 0.25) is 0 Å². The van der Waals surface area contributed by atoms with Gasteiger partial charge >= 0.3 is 37.7 Å². The summed E-state index contributed by atoms with van der Waals surface area (Å²) in [7, 11) is -7.14. The largest absolute Gasteiger partial charge is 2.00 e. The van der Waals surface area contributed by atoms with Crippen molar-refractivity contribution in [2.24, 2.45) is 0 Å². The number of hydrogen-bond acceptors (Lipinski definition) is 6. The molecule has 0 N–H and O–H groups in total. The standard InChI is InChI=1S/2C18H30O3S.Ca.2H/c2*1-2-3-4-5-6-7-8-9-10-14-17-21-22(19,20)18-15-12-11-13-16-18;;;/h2*11-13,15-16H,2-10,14,17H2,1H3;;;/q;;+2;2*-1. The number of unbranched alkanes of at least 4 members (excludes halogenated alkanes) is 18. The predicted octanol–water partition coefficient (Wildman–Crippen LogP) is 10.5. The summed E-state index contributed by atoms with van der Waals surface area (Å²) < 4.78 is 57.6. The molecule has 0 bridgehead atoms. The molecule has 0 heterocycles. The molecule has 6 nitrogen and oxygen atoms in total. The van der Waals surface area contributed by atoms with E-state index in [9.17, 15) is 16.8 Å². The van der Waals surface area contributed by atoms with Gasteiger partial charge in [0.15, 0.2) is 0 Å². The minimum atomic E-state index is -3.57. The van der Waals surface area contributed by atoms with Crippen LogP contribution in [-0.4, -0.2) is 67.8 Å². The summed E-state index contributed by atoms with van der Waals surface area (Å²) in [6.45, 7) is 5.04. The Bertz CT molecular complexity index is 1050. The second kappa shape index (κ2) is 29.6. The summed E-state index contributed by atoms with van der Waals surface area (Å²) in [5, 5.41) is 0. The van der Waals surface area contributed by atoms with E-state index in [0.29, 0.717) is 0 Å². The summed E-state index contributed by atoms with van der Waals surface area (Å²) in [6, 6.07) is 16.7. The Labute approximate surface area is 309 Å². The molecule has 0 spiro atoms. The molecule has 0 saturated heterocycles. The molecule has 0 unspecified atom stereocenters. The first-order valence-corrected chi connectivity index (χ1v) is 20.0. The van der Waals surface area contributed by atoms with Crippen molar-refractivity contribution in [1.82, 2.24) is 0 Å². The molecule has 0 radical (unpaired) electrons. The van der Waals surface area contributed by atoms with Crippen molar-refractivity contribution < 1.29 is 28.1 Å². The summed E-state index contributed by atoms with van der Waals surface area (Å²) in [5.74, 6) is 0. The van der Waals surface area contributed by atoms with E-state index in [1.165, 1.54) is 103 Å². The molecule has 45 heavy (non-hydrogen) atoms. The van der Waals surface area contributed by atoms with Crippen LogP contribution in [0.15, 0.2) is 70.5 Å². The van der Waals surface area contributed by atoms with Gasteiger partial charge in [0, 0.05) is 0 Å². The van der Waals surface area contributed by atoms with Gasteiger partial charge in [0.05, 0.1) is 23.0 Å². The van der Waals surface area contributed by atoms with E-state index in [1.807, 2.05) is 0 Å². The van der Waals surface area contributed by atoms with Crippen molar-refractivity contribution in [3.8, 4) is 0 Å². The fraction of sp³-hybridized carbons (Fsp3) is 0.667. The van der Waals surface area contributed by atoms with Crippen molar-refractivity contribution in [2.75, 3.05) is 13.2 Å². The van der Waals surface area contributed by atoms with E-state index in [-0.39, 0.29) is 63.6 Å². The zero-order valence-corrected chi connectivity index (χ0v) is 32.1. The summed E-state index contributed by atoms with van der Waals surface area (Å²) >= 11 is 0. The Morgan fingerprint density at radius 2 is 0.667 bits per heavy atom. The quantitative estimate of drug-likeness (QED) is 0.0553. The van der Waals surface area contributed by atoms with Crippen molar-refractivity contribution in [1.29, 1.82) is 0 Å². The van der Waals surface area contributed by atoms with Gasteiger partial charge < -0.3 is 2.85 Å². The van der Waals surface area contributed by atoms with Gasteiger partial charge in [-0.15, -0.1) is 0 Å². The first-order chi connectivity index (χ1) is 21.3. The van der Waals surface area contributed by atoms with Gasteiger partial charge in [-0.2, -0.15) is 16.8 Å². The van der Waals surface area contributed by atoms with Crippen LogP contribution >= 0.6 is 0 Å². The van der Waals surface area contributed by atoms with Gasteiger partial charge in [-0.05, 0) is 37.1 Å². The van der Waals surface area contributed by atoms with Crippen LogP contribution in [0.25, 0.3) is 0 Å². The molecule has 0 aliphatic heterocycles. The van der Waals surface area contributed by atoms with Gasteiger partial charge in [0.2, 0.25) is 0 Å². The third-order valence-corrected chi connectivity index (χ3v) is 10.2. The van der Waals surface area contributed by atoms with Crippen molar-refractivity contribution in [3.63, 3.8) is 0 Å². The Balaban J connectivity index is -0.000000774. The van der Waals surface area contributed by atoms with Gasteiger partial charge in [-0.25, -0.2) is 0 Å². The summed E-state index contributed by atoms with van der Waals surface area (Å²) in [4.78, 5) is 0.476. The fourth-order valence-corrected chi connectivity index (χ4v) is 6.75. The van der Waals surface area contributed by atoms with Crippen LogP contribution in [0.3, 0.4) is 0 Å². The van der Waals surface area contributed by atoms with Gasteiger partial charge in [0.25, 0.3) is 20.2 Å². The molecular formula is C36H62CaO6S2. The molecule has 0 saturated carbocycles. The average molecular weight is 695 g/mol. The van der Waals surface area contributed by atoms with E-state index in [2.05, 4.69) is 13.8 Å². The molecular weight excluding hydrogens is 633 g/mol. The van der Waals surface area contributed by atoms with Crippen LogP contribution in [0.5, 0.6) is 0 Å². The normalized spacial score (nSPS) is 11.4. The molecule has 2 aromatic carbocycles. The Hall–Kier alpha value is -0.480. The number of hydrogen-bond donors (Lipinski definition) is 0.